The van der Waals surface area contributed by atoms with Gasteiger partial charge in [0, 0.05) is 5.69 Å². The van der Waals surface area contributed by atoms with Crippen molar-refractivity contribution in [1.82, 2.24) is 0 Å². The molecule has 25 heavy (non-hydrogen) atoms. The van der Waals surface area contributed by atoms with Crippen molar-refractivity contribution in [3.63, 3.8) is 0 Å². The van der Waals surface area contributed by atoms with E-state index in [1.165, 1.54) is 25.1 Å². The largest absolute Gasteiger partial charge is 0.449 e. The highest BCUT2D eigenvalue weighted by atomic mass is 19.3. The summed E-state index contributed by atoms with van der Waals surface area (Å²) in [5, 5.41) is 2.62. The number of anilines is 1. The van der Waals surface area contributed by atoms with Crippen LogP contribution in [0.25, 0.3) is 0 Å². The summed E-state index contributed by atoms with van der Waals surface area (Å²) in [5.74, 6) is -1.48. The maximum atomic E-state index is 12.2. The summed E-state index contributed by atoms with van der Waals surface area (Å²) in [6, 6.07) is 12.3. The Balaban J connectivity index is 1.97. The fraction of sp³-hybridized carbons (Fsp3) is 0.222. The van der Waals surface area contributed by atoms with Gasteiger partial charge in [-0.1, -0.05) is 23.8 Å². The van der Waals surface area contributed by atoms with Crippen molar-refractivity contribution in [2.75, 3.05) is 5.32 Å². The molecule has 7 heteroatoms. The van der Waals surface area contributed by atoms with Crippen molar-refractivity contribution < 1.29 is 27.8 Å². The molecule has 0 spiro atoms. The van der Waals surface area contributed by atoms with Crippen LogP contribution in [0.1, 0.15) is 22.8 Å². The Morgan fingerprint density at radius 1 is 1.08 bits per heavy atom. The number of halogens is 2. The smallest absolute Gasteiger partial charge is 0.387 e. The third-order valence-corrected chi connectivity index (χ3v) is 3.27. The van der Waals surface area contributed by atoms with Gasteiger partial charge in [0.05, 0.1) is 5.56 Å². The van der Waals surface area contributed by atoms with Crippen LogP contribution in [0.3, 0.4) is 0 Å². The lowest BCUT2D eigenvalue weighted by atomic mass is 10.2. The summed E-state index contributed by atoms with van der Waals surface area (Å²) in [4.78, 5) is 24.1. The molecule has 1 amide bonds. The molecule has 0 aliphatic carbocycles. The van der Waals surface area contributed by atoms with Gasteiger partial charge in [-0.2, -0.15) is 8.78 Å². The van der Waals surface area contributed by atoms with E-state index in [1.54, 1.807) is 12.1 Å². The predicted molar refractivity (Wildman–Crippen MR) is 87.8 cm³/mol. The van der Waals surface area contributed by atoms with Crippen LogP contribution in [0.5, 0.6) is 5.75 Å². The Labute approximate surface area is 143 Å². The van der Waals surface area contributed by atoms with Gasteiger partial charge in [-0.15, -0.1) is 0 Å². The Kier molecular flexibility index (Phi) is 6.05. The summed E-state index contributed by atoms with van der Waals surface area (Å²) >= 11 is 0. The molecule has 5 nitrogen and oxygen atoms in total. The standard InChI is InChI=1S/C18H17F2NO4/c1-11-6-8-14(9-7-11)21-16(22)12(2)24-17(23)13-4-3-5-15(10-13)25-18(19)20/h3-10,12,18H,1-2H3,(H,21,22)/t12-/m1/s1. The van der Waals surface area contributed by atoms with E-state index < -0.39 is 24.6 Å². The molecule has 1 N–H and O–H groups in total. The van der Waals surface area contributed by atoms with E-state index >= 15 is 0 Å². The Morgan fingerprint density at radius 2 is 1.76 bits per heavy atom. The van der Waals surface area contributed by atoms with Crippen LogP contribution in [0.15, 0.2) is 48.5 Å². The van der Waals surface area contributed by atoms with Crippen LogP contribution < -0.4 is 10.1 Å². The highest BCUT2D eigenvalue weighted by Gasteiger charge is 2.19. The fourth-order valence-corrected chi connectivity index (χ4v) is 1.96. The first kappa shape index (κ1) is 18.4. The summed E-state index contributed by atoms with van der Waals surface area (Å²) in [6.45, 7) is 0.341. The summed E-state index contributed by atoms with van der Waals surface area (Å²) in [6.07, 6.45) is -1.06. The number of alkyl halides is 2. The molecular weight excluding hydrogens is 332 g/mol. The Hall–Kier alpha value is -2.96. The summed E-state index contributed by atoms with van der Waals surface area (Å²) in [5.41, 5.74) is 1.63. The number of carbonyl (C=O) groups excluding carboxylic acids is 2. The molecule has 0 unspecified atom stereocenters. The zero-order valence-electron chi connectivity index (χ0n) is 13.7. The third kappa shape index (κ3) is 5.56. The van der Waals surface area contributed by atoms with Crippen molar-refractivity contribution in [1.29, 1.82) is 0 Å². The summed E-state index contributed by atoms with van der Waals surface area (Å²) in [7, 11) is 0. The van der Waals surface area contributed by atoms with Gasteiger partial charge in [0.1, 0.15) is 5.75 Å². The van der Waals surface area contributed by atoms with Crippen LogP contribution >= 0.6 is 0 Å². The van der Waals surface area contributed by atoms with E-state index in [-0.39, 0.29) is 11.3 Å². The summed E-state index contributed by atoms with van der Waals surface area (Å²) < 4.78 is 33.7. The number of rotatable bonds is 6. The molecule has 2 aromatic carbocycles. The van der Waals surface area contributed by atoms with Crippen molar-refractivity contribution in [2.45, 2.75) is 26.6 Å². The normalized spacial score (nSPS) is 11.7. The lowest BCUT2D eigenvalue weighted by Crippen LogP contribution is -2.30. The van der Waals surface area contributed by atoms with Crippen LogP contribution in [0, 0.1) is 6.92 Å². The molecule has 0 heterocycles. The molecule has 132 valence electrons. The fourth-order valence-electron chi connectivity index (χ4n) is 1.96. The highest BCUT2D eigenvalue weighted by Crippen LogP contribution is 2.17. The minimum absolute atomic E-state index is 0.00753. The number of aryl methyl sites for hydroxylation is 1. The quantitative estimate of drug-likeness (QED) is 0.806. The number of amides is 1. The minimum Gasteiger partial charge on any atom is -0.449 e. The van der Waals surface area contributed by atoms with E-state index in [9.17, 15) is 18.4 Å². The molecular formula is C18H17F2NO4. The Morgan fingerprint density at radius 3 is 2.40 bits per heavy atom. The number of benzene rings is 2. The number of hydrogen-bond acceptors (Lipinski definition) is 4. The lowest BCUT2D eigenvalue weighted by molar-refractivity contribution is -0.123. The van der Waals surface area contributed by atoms with Gasteiger partial charge in [0.25, 0.3) is 5.91 Å². The molecule has 0 aromatic heterocycles. The van der Waals surface area contributed by atoms with E-state index in [4.69, 9.17) is 4.74 Å². The van der Waals surface area contributed by atoms with E-state index in [2.05, 4.69) is 10.1 Å². The van der Waals surface area contributed by atoms with Crippen LogP contribution in [0.4, 0.5) is 14.5 Å². The van der Waals surface area contributed by atoms with Gasteiger partial charge in [-0.25, -0.2) is 4.79 Å². The molecule has 2 aromatic rings. The zero-order chi connectivity index (χ0) is 18.4. The van der Waals surface area contributed by atoms with Gasteiger partial charge in [0.15, 0.2) is 6.10 Å². The maximum Gasteiger partial charge on any atom is 0.387 e. The molecule has 0 fully saturated rings. The first-order chi connectivity index (χ1) is 11.8. The van der Waals surface area contributed by atoms with Gasteiger partial charge >= 0.3 is 12.6 Å². The second kappa shape index (κ2) is 8.23. The molecule has 0 radical (unpaired) electrons. The first-order valence-corrected chi connectivity index (χ1v) is 7.48. The molecule has 2 rings (SSSR count). The maximum absolute atomic E-state index is 12.2. The number of nitrogens with one attached hydrogen (secondary N) is 1. The average molecular weight is 349 g/mol. The van der Waals surface area contributed by atoms with Gasteiger partial charge in [-0.05, 0) is 44.2 Å². The molecule has 0 aliphatic heterocycles. The number of hydrogen-bond donors (Lipinski definition) is 1. The van der Waals surface area contributed by atoms with E-state index in [0.29, 0.717) is 5.69 Å². The van der Waals surface area contributed by atoms with Gasteiger partial charge in [-0.3, -0.25) is 4.79 Å². The molecule has 0 bridgehead atoms. The molecule has 0 aliphatic rings. The molecule has 0 saturated carbocycles. The van der Waals surface area contributed by atoms with Crippen molar-refractivity contribution >= 4 is 17.6 Å². The van der Waals surface area contributed by atoms with Crippen molar-refractivity contribution in [3.8, 4) is 5.75 Å². The number of esters is 1. The van der Waals surface area contributed by atoms with Gasteiger partial charge < -0.3 is 14.8 Å². The topological polar surface area (TPSA) is 64.6 Å². The van der Waals surface area contributed by atoms with Crippen LogP contribution in [-0.2, 0) is 9.53 Å². The molecule has 1 atom stereocenters. The minimum atomic E-state index is -2.99. The highest BCUT2D eigenvalue weighted by molar-refractivity contribution is 5.97. The molecule has 0 saturated heterocycles. The number of carbonyl (C=O) groups is 2. The lowest BCUT2D eigenvalue weighted by Gasteiger charge is -2.14. The second-order valence-electron chi connectivity index (χ2n) is 5.31. The first-order valence-electron chi connectivity index (χ1n) is 7.48. The Bertz CT molecular complexity index is 747. The van der Waals surface area contributed by atoms with Crippen LogP contribution in [-0.4, -0.2) is 24.6 Å². The van der Waals surface area contributed by atoms with Gasteiger partial charge in [0.2, 0.25) is 0 Å². The van der Waals surface area contributed by atoms with E-state index in [1.807, 2.05) is 19.1 Å². The SMILES string of the molecule is Cc1ccc(NC(=O)[C@@H](C)OC(=O)c2cccc(OC(F)F)c2)cc1. The second-order valence-corrected chi connectivity index (χ2v) is 5.31. The van der Waals surface area contributed by atoms with E-state index in [0.717, 1.165) is 11.6 Å². The number of ether oxygens (including phenoxy) is 2. The average Bonchev–Trinajstić information content (AvgIpc) is 2.56. The third-order valence-electron chi connectivity index (χ3n) is 3.27. The van der Waals surface area contributed by atoms with Crippen LogP contribution in [0.2, 0.25) is 0 Å². The predicted octanol–water partition coefficient (Wildman–Crippen LogP) is 3.78. The van der Waals surface area contributed by atoms with Crippen molar-refractivity contribution in [2.24, 2.45) is 0 Å². The monoisotopic (exact) mass is 349 g/mol. The van der Waals surface area contributed by atoms with Crippen molar-refractivity contribution in [3.05, 3.63) is 59.7 Å². The zero-order valence-corrected chi connectivity index (χ0v) is 13.7.